The largest absolute Gasteiger partial charge is 0.333 e. The predicted molar refractivity (Wildman–Crippen MR) is 113 cm³/mol. The van der Waals surface area contributed by atoms with Crippen molar-refractivity contribution in [1.82, 2.24) is 0 Å². The molecule has 26 heavy (non-hydrogen) atoms. The van der Waals surface area contributed by atoms with E-state index < -0.39 is 0 Å². The zero-order valence-electron chi connectivity index (χ0n) is 16.8. The molecule has 1 saturated carbocycles. The van der Waals surface area contributed by atoms with Crippen LogP contribution in [0.15, 0.2) is 48.5 Å². The first-order valence-electron chi connectivity index (χ1n) is 10.4. The van der Waals surface area contributed by atoms with Crippen LogP contribution >= 0.6 is 0 Å². The Hall–Kier alpha value is -1.60. The molecule has 1 fully saturated rings. The van der Waals surface area contributed by atoms with Crippen LogP contribution in [-0.2, 0) is 18.3 Å². The molecule has 0 amide bonds. The second-order valence-electron chi connectivity index (χ2n) is 8.45. The second-order valence-corrected chi connectivity index (χ2v) is 8.45. The fourth-order valence-corrected chi connectivity index (χ4v) is 5.53. The lowest BCUT2D eigenvalue weighted by Crippen LogP contribution is -2.42. The summed E-state index contributed by atoms with van der Waals surface area (Å²) in [7, 11) is 1.50. The van der Waals surface area contributed by atoms with Crippen LogP contribution in [0.3, 0.4) is 0 Å². The molecule has 1 nitrogen and oxygen atoms in total. The zero-order valence-corrected chi connectivity index (χ0v) is 16.8. The smallest absolute Gasteiger partial charge is 0.00245 e. The molecule has 1 heteroatoms. The monoisotopic (exact) mass is 349 g/mol. The maximum absolute atomic E-state index is 4.50. The molecule has 0 bridgehead atoms. The lowest BCUT2D eigenvalue weighted by Gasteiger charge is -2.47. The topological polar surface area (TPSA) is 26.0 Å². The highest BCUT2D eigenvalue weighted by Crippen LogP contribution is 2.52. The summed E-state index contributed by atoms with van der Waals surface area (Å²) in [6.07, 6.45) is 9.44. The molecule has 3 atom stereocenters. The molecule has 2 N–H and O–H groups in total. The Kier molecular flexibility index (Phi) is 6.19. The molecular weight excluding hydrogens is 314 g/mol. The van der Waals surface area contributed by atoms with E-state index in [1.54, 1.807) is 11.1 Å². The molecule has 2 aromatic carbocycles. The predicted octanol–water partition coefficient (Wildman–Crippen LogP) is 5.82. The summed E-state index contributed by atoms with van der Waals surface area (Å²) in [5.41, 5.74) is 11.1. The van der Waals surface area contributed by atoms with E-state index in [1.807, 2.05) is 0 Å². The zero-order chi connectivity index (χ0) is 18.6. The van der Waals surface area contributed by atoms with Crippen LogP contribution in [0, 0.1) is 18.8 Å². The van der Waals surface area contributed by atoms with Gasteiger partial charge in [-0.2, -0.15) is 0 Å². The third-order valence-electron chi connectivity index (χ3n) is 6.71. The minimum Gasteiger partial charge on any atom is -0.333 e. The van der Waals surface area contributed by atoms with E-state index in [-0.39, 0.29) is 0 Å². The molecule has 0 spiro atoms. The summed E-state index contributed by atoms with van der Waals surface area (Å²) in [5, 5.41) is 0. The van der Waals surface area contributed by atoms with Gasteiger partial charge in [0, 0.05) is 5.41 Å². The molecular formula is C25H35N. The summed E-state index contributed by atoms with van der Waals surface area (Å²) in [4.78, 5) is 0. The van der Waals surface area contributed by atoms with Gasteiger partial charge in [0.2, 0.25) is 0 Å². The van der Waals surface area contributed by atoms with Crippen molar-refractivity contribution in [3.63, 3.8) is 0 Å². The Labute approximate surface area is 160 Å². The van der Waals surface area contributed by atoms with Gasteiger partial charge in [-0.3, -0.25) is 0 Å². The van der Waals surface area contributed by atoms with Crippen LogP contribution in [0.5, 0.6) is 0 Å². The highest BCUT2D eigenvalue weighted by atomic mass is 14.5. The van der Waals surface area contributed by atoms with Crippen molar-refractivity contribution in [2.75, 3.05) is 7.05 Å². The molecule has 2 aliphatic carbocycles. The number of benzene rings is 2. The summed E-state index contributed by atoms with van der Waals surface area (Å²) < 4.78 is 0. The van der Waals surface area contributed by atoms with Gasteiger partial charge in [-0.25, -0.2) is 0 Å². The van der Waals surface area contributed by atoms with Gasteiger partial charge >= 0.3 is 0 Å². The van der Waals surface area contributed by atoms with Crippen molar-refractivity contribution in [1.29, 1.82) is 0 Å². The van der Waals surface area contributed by atoms with Crippen molar-refractivity contribution >= 4 is 0 Å². The molecule has 140 valence electrons. The van der Waals surface area contributed by atoms with Crippen LogP contribution in [0.2, 0.25) is 0 Å². The van der Waals surface area contributed by atoms with Crippen molar-refractivity contribution in [2.24, 2.45) is 17.6 Å². The third-order valence-corrected chi connectivity index (χ3v) is 6.71. The highest BCUT2D eigenvalue weighted by Gasteiger charge is 2.45. The first kappa shape index (κ1) is 19.2. The van der Waals surface area contributed by atoms with Crippen molar-refractivity contribution in [3.8, 4) is 0 Å². The van der Waals surface area contributed by atoms with Crippen LogP contribution in [0.25, 0.3) is 0 Å². The van der Waals surface area contributed by atoms with Gasteiger partial charge < -0.3 is 5.73 Å². The molecule has 4 rings (SSSR count). The van der Waals surface area contributed by atoms with Gasteiger partial charge in [-0.15, -0.1) is 0 Å². The molecule has 3 unspecified atom stereocenters. The highest BCUT2D eigenvalue weighted by molar-refractivity contribution is 5.41. The number of aryl methyl sites for hydroxylation is 2. The summed E-state index contributed by atoms with van der Waals surface area (Å²) >= 11 is 0. The van der Waals surface area contributed by atoms with Gasteiger partial charge in [0.25, 0.3) is 0 Å². The first-order valence-corrected chi connectivity index (χ1v) is 10.4. The van der Waals surface area contributed by atoms with Gasteiger partial charge in [0.1, 0.15) is 0 Å². The van der Waals surface area contributed by atoms with Crippen molar-refractivity contribution in [3.05, 3.63) is 70.8 Å². The first-order chi connectivity index (χ1) is 12.7. The van der Waals surface area contributed by atoms with Crippen LogP contribution in [0.1, 0.15) is 61.3 Å². The fourth-order valence-electron chi connectivity index (χ4n) is 5.53. The Bertz CT molecular complexity index is 705. The Morgan fingerprint density at radius 3 is 2.58 bits per heavy atom. The Balaban J connectivity index is 0.000000948. The summed E-state index contributed by atoms with van der Waals surface area (Å²) in [5.74, 6) is 1.75. The van der Waals surface area contributed by atoms with E-state index in [1.165, 1.54) is 63.1 Å². The number of rotatable bonds is 2. The van der Waals surface area contributed by atoms with E-state index in [0.717, 1.165) is 11.8 Å². The number of nitrogens with two attached hydrogens (primary N) is 1. The van der Waals surface area contributed by atoms with Gasteiger partial charge in [0.15, 0.2) is 0 Å². The van der Waals surface area contributed by atoms with Gasteiger partial charge in [-0.1, -0.05) is 61.0 Å². The van der Waals surface area contributed by atoms with E-state index in [9.17, 15) is 0 Å². The molecule has 0 aliphatic heterocycles. The minimum atomic E-state index is 0.368. The van der Waals surface area contributed by atoms with Crippen LogP contribution in [-0.4, -0.2) is 7.05 Å². The van der Waals surface area contributed by atoms with Gasteiger partial charge in [0.05, 0.1) is 0 Å². The van der Waals surface area contributed by atoms with Crippen molar-refractivity contribution in [2.45, 2.75) is 64.2 Å². The maximum atomic E-state index is 4.50. The SMILES string of the molecule is CN.Cc1ccc2c(c1)CCCC1CC(C)CCC21Cc1ccccc1. The number of hydrogen-bond donors (Lipinski definition) is 1. The molecule has 0 heterocycles. The number of fused-ring (bicyclic) bond motifs is 3. The van der Waals surface area contributed by atoms with E-state index >= 15 is 0 Å². The maximum Gasteiger partial charge on any atom is 0.00245 e. The number of hydrogen-bond acceptors (Lipinski definition) is 1. The Morgan fingerprint density at radius 1 is 1.04 bits per heavy atom. The fraction of sp³-hybridized carbons (Fsp3) is 0.520. The molecule has 0 radical (unpaired) electrons. The van der Waals surface area contributed by atoms with Crippen molar-refractivity contribution < 1.29 is 0 Å². The molecule has 0 aromatic heterocycles. The second kappa shape index (κ2) is 8.39. The average Bonchev–Trinajstić information content (AvgIpc) is 2.81. The molecule has 0 saturated heterocycles. The van der Waals surface area contributed by atoms with Crippen LogP contribution < -0.4 is 5.73 Å². The summed E-state index contributed by atoms with van der Waals surface area (Å²) in [6.45, 7) is 4.71. The van der Waals surface area contributed by atoms with Gasteiger partial charge in [-0.05, 0) is 87.4 Å². The quantitative estimate of drug-likeness (QED) is 0.726. The Morgan fingerprint density at radius 2 is 1.81 bits per heavy atom. The molecule has 2 aromatic rings. The third kappa shape index (κ3) is 3.74. The summed E-state index contributed by atoms with van der Waals surface area (Å²) in [6, 6.07) is 18.5. The lowest BCUT2D eigenvalue weighted by atomic mass is 9.57. The van der Waals surface area contributed by atoms with E-state index in [2.05, 4.69) is 68.1 Å². The van der Waals surface area contributed by atoms with E-state index in [0.29, 0.717) is 5.41 Å². The standard InChI is InChI=1S/C24H30.CH5N/c1-18-11-12-23-21(15-18)9-6-10-22-16-19(2)13-14-24(22,23)17-20-7-4-3-5-8-20;1-2/h3-5,7-8,11-12,15,19,22H,6,9-10,13-14,16-17H2,1-2H3;2H2,1H3. The van der Waals surface area contributed by atoms with E-state index in [4.69, 9.17) is 0 Å². The van der Waals surface area contributed by atoms with Crippen LogP contribution in [0.4, 0.5) is 0 Å². The molecule has 2 aliphatic rings. The lowest BCUT2D eigenvalue weighted by molar-refractivity contribution is 0.137. The average molecular weight is 350 g/mol. The minimum absolute atomic E-state index is 0.368. The normalized spacial score (nSPS) is 27.4.